The predicted octanol–water partition coefficient (Wildman–Crippen LogP) is 7.85. The Balaban J connectivity index is 1.56. The van der Waals surface area contributed by atoms with E-state index in [2.05, 4.69) is 36.6 Å². The maximum atomic E-state index is 13.5. The zero-order valence-electron chi connectivity index (χ0n) is 57.8. The Morgan fingerprint density at radius 1 is 0.543 bits per heavy atom. The van der Waals surface area contributed by atoms with Gasteiger partial charge in [0.2, 0.25) is 11.8 Å². The highest BCUT2D eigenvalue weighted by atomic mass is 16.8. The van der Waals surface area contributed by atoms with Gasteiger partial charge in [0.25, 0.3) is 5.79 Å². The van der Waals surface area contributed by atoms with E-state index < -0.39 is 148 Å². The molecule has 3 aliphatic heterocycles. The molecule has 18 unspecified atom stereocenters. The number of aliphatic hydroxyl groups is 11. The number of hydrogen-bond donors (Lipinski definition) is 14. The van der Waals surface area contributed by atoms with E-state index in [4.69, 9.17) is 28.4 Å². The number of carboxylic acids is 1. The number of amides is 2. The summed E-state index contributed by atoms with van der Waals surface area (Å²) in [5.74, 6) is -6.10. The van der Waals surface area contributed by atoms with Crippen molar-refractivity contribution in [2.75, 3.05) is 26.4 Å². The summed E-state index contributed by atoms with van der Waals surface area (Å²) in [6, 6.07) is -2.53. The third-order valence-electron chi connectivity index (χ3n) is 19.0. The SMILES string of the molecule is CCCCCCCCCCCCCC/C=C\CCCCCCCCCC(=O)NC(COC1OC(CO)C(OC2OC(CO)C(O)C(OC3(C(=O)O)CC(O)C(NC(C)=O)C(C(O)C(O)CO)O3)C2O)C(O)C1O)C(O)CCCCCCCCCCCCCCCCCCC. The van der Waals surface area contributed by atoms with Gasteiger partial charge in [-0.05, 0) is 38.5 Å². The summed E-state index contributed by atoms with van der Waals surface area (Å²) in [4.78, 5) is 38.6. The lowest BCUT2D eigenvalue weighted by Crippen LogP contribution is -2.70. The van der Waals surface area contributed by atoms with Crippen LogP contribution in [0, 0.1) is 0 Å². The molecule has 552 valence electrons. The molecule has 0 spiro atoms. The second-order valence-corrected chi connectivity index (χ2v) is 27.2. The van der Waals surface area contributed by atoms with E-state index in [0.29, 0.717) is 19.3 Å². The molecule has 94 heavy (non-hydrogen) atoms. The van der Waals surface area contributed by atoms with Gasteiger partial charge in [-0.15, -0.1) is 0 Å². The highest BCUT2D eigenvalue weighted by Crippen LogP contribution is 2.39. The first-order valence-corrected chi connectivity index (χ1v) is 37.0. The minimum absolute atomic E-state index is 0.220. The summed E-state index contributed by atoms with van der Waals surface area (Å²) in [6.07, 6.45) is 22.1. The number of rotatable bonds is 57. The van der Waals surface area contributed by atoms with Crippen LogP contribution in [0.4, 0.5) is 0 Å². The number of carbonyl (C=O) groups excluding carboxylic acids is 2. The van der Waals surface area contributed by atoms with Crippen molar-refractivity contribution in [1.29, 1.82) is 0 Å². The number of aliphatic hydroxyl groups excluding tert-OH is 11. The van der Waals surface area contributed by atoms with Crippen LogP contribution in [0.25, 0.3) is 0 Å². The third kappa shape index (κ3) is 33.1. The summed E-state index contributed by atoms with van der Waals surface area (Å²) in [7, 11) is 0. The summed E-state index contributed by atoms with van der Waals surface area (Å²) in [5.41, 5.74) is 0. The van der Waals surface area contributed by atoms with Crippen LogP contribution in [0.3, 0.4) is 0 Å². The van der Waals surface area contributed by atoms with Crippen LogP contribution in [-0.2, 0) is 42.8 Å². The van der Waals surface area contributed by atoms with Crippen LogP contribution in [0.1, 0.15) is 284 Å². The molecule has 3 saturated heterocycles. The number of carboxylic acid groups (broad SMARTS) is 1. The molecule has 3 aliphatic rings. The van der Waals surface area contributed by atoms with Crippen molar-refractivity contribution >= 4 is 17.8 Å². The first-order valence-electron chi connectivity index (χ1n) is 37.0. The summed E-state index contributed by atoms with van der Waals surface area (Å²) < 4.78 is 34.9. The fourth-order valence-electron chi connectivity index (χ4n) is 13.1. The largest absolute Gasteiger partial charge is 0.477 e. The Kier molecular flexibility index (Phi) is 47.0. The Morgan fingerprint density at radius 3 is 1.44 bits per heavy atom. The predicted molar refractivity (Wildman–Crippen MR) is 357 cm³/mol. The summed E-state index contributed by atoms with van der Waals surface area (Å²) in [5, 5.41) is 136. The molecule has 23 heteroatoms. The second kappa shape index (κ2) is 51.6. The molecule has 3 heterocycles. The lowest BCUT2D eigenvalue weighted by molar-refractivity contribution is -0.386. The van der Waals surface area contributed by atoms with Gasteiger partial charge in [-0.25, -0.2) is 4.79 Å². The van der Waals surface area contributed by atoms with Crippen molar-refractivity contribution < 1.29 is 104 Å². The molecule has 3 fully saturated rings. The molecular weight excluding hydrogens is 1220 g/mol. The lowest BCUT2D eigenvalue weighted by atomic mass is 9.88. The van der Waals surface area contributed by atoms with Crippen LogP contribution in [0.2, 0.25) is 0 Å². The van der Waals surface area contributed by atoms with Gasteiger partial charge in [0, 0.05) is 19.8 Å². The zero-order valence-corrected chi connectivity index (χ0v) is 57.8. The molecule has 18 atom stereocenters. The molecule has 23 nitrogen and oxygen atoms in total. The van der Waals surface area contributed by atoms with E-state index in [0.717, 1.165) is 84.0 Å². The number of nitrogens with one attached hydrogen (secondary N) is 2. The molecule has 2 amide bonds. The van der Waals surface area contributed by atoms with Crippen molar-refractivity contribution in [2.45, 2.75) is 394 Å². The Hall–Kier alpha value is -2.53. The molecule has 0 bridgehead atoms. The molecule has 0 aromatic heterocycles. The minimum Gasteiger partial charge on any atom is -0.477 e. The standard InChI is InChI=1S/C71H132N2O21/c1-4-6-8-10-12-14-16-18-20-22-23-24-25-26-27-29-31-33-35-37-39-41-43-45-58(81)73-52(53(78)44-42-40-38-36-34-32-30-28-21-19-17-15-13-11-9-7-5-2)50-89-68-63(85)62(84)65(57(49-76)91-68)92-69-64(86)67(61(83)56(48-75)90-69)94-71(70(87)88)46-54(79)59(72-51(3)77)66(93-71)60(82)55(80)47-74/h26-27,52-57,59-69,74-76,78-80,82-86H,4-25,28-50H2,1-3H3,(H,72,77)(H,73,81)(H,87,88)/b27-26-. The topological polar surface area (TPSA) is 373 Å². The van der Waals surface area contributed by atoms with Crippen molar-refractivity contribution in [3.05, 3.63) is 12.2 Å². The molecular formula is C71H132N2O21. The molecule has 0 radical (unpaired) electrons. The highest BCUT2D eigenvalue weighted by molar-refractivity contribution is 5.77. The van der Waals surface area contributed by atoms with E-state index >= 15 is 0 Å². The number of allylic oxidation sites excluding steroid dienone is 2. The first kappa shape index (κ1) is 85.7. The van der Waals surface area contributed by atoms with Gasteiger partial charge in [0.1, 0.15) is 67.1 Å². The van der Waals surface area contributed by atoms with Crippen molar-refractivity contribution in [2.24, 2.45) is 0 Å². The quantitative estimate of drug-likeness (QED) is 0.0203. The van der Waals surface area contributed by atoms with Crippen LogP contribution < -0.4 is 10.6 Å². The molecule has 0 aromatic carbocycles. The van der Waals surface area contributed by atoms with Crippen molar-refractivity contribution in [3.8, 4) is 0 Å². The fraction of sp³-hybridized carbons (Fsp3) is 0.930. The average Bonchev–Trinajstić information content (AvgIpc) is 0.762. The number of ether oxygens (including phenoxy) is 6. The minimum atomic E-state index is -3.08. The number of unbranched alkanes of at least 4 members (excludes halogenated alkanes) is 35. The molecule has 0 aliphatic carbocycles. The fourth-order valence-corrected chi connectivity index (χ4v) is 13.1. The lowest BCUT2D eigenvalue weighted by Gasteiger charge is -2.50. The van der Waals surface area contributed by atoms with Crippen LogP contribution in [-0.4, -0.2) is 215 Å². The molecule has 0 aromatic rings. The van der Waals surface area contributed by atoms with Gasteiger partial charge in [0.15, 0.2) is 12.6 Å². The van der Waals surface area contributed by atoms with Gasteiger partial charge in [-0.2, -0.15) is 0 Å². The van der Waals surface area contributed by atoms with Gasteiger partial charge in [0.05, 0.1) is 50.7 Å². The van der Waals surface area contributed by atoms with Crippen molar-refractivity contribution in [3.63, 3.8) is 0 Å². The van der Waals surface area contributed by atoms with E-state index in [1.54, 1.807) is 0 Å². The summed E-state index contributed by atoms with van der Waals surface area (Å²) in [6.45, 7) is 2.23. The van der Waals surface area contributed by atoms with Gasteiger partial charge < -0.3 is 100 Å². The third-order valence-corrected chi connectivity index (χ3v) is 19.0. The van der Waals surface area contributed by atoms with Crippen LogP contribution in [0.5, 0.6) is 0 Å². The van der Waals surface area contributed by atoms with Gasteiger partial charge in [-0.3, -0.25) is 9.59 Å². The monoisotopic (exact) mass is 1350 g/mol. The van der Waals surface area contributed by atoms with E-state index in [1.165, 1.54) is 154 Å². The Morgan fingerprint density at radius 2 is 0.989 bits per heavy atom. The second-order valence-electron chi connectivity index (χ2n) is 27.2. The van der Waals surface area contributed by atoms with E-state index in [-0.39, 0.29) is 18.9 Å². The Bertz CT molecular complexity index is 1940. The maximum Gasteiger partial charge on any atom is 0.364 e. The number of carbonyl (C=O) groups is 3. The maximum absolute atomic E-state index is 13.5. The summed E-state index contributed by atoms with van der Waals surface area (Å²) >= 11 is 0. The molecule has 0 saturated carbocycles. The Labute approximate surface area is 562 Å². The van der Waals surface area contributed by atoms with E-state index in [1.807, 2.05) is 0 Å². The van der Waals surface area contributed by atoms with Crippen LogP contribution >= 0.6 is 0 Å². The van der Waals surface area contributed by atoms with Crippen molar-refractivity contribution in [1.82, 2.24) is 10.6 Å². The molecule has 14 N–H and O–H groups in total. The van der Waals surface area contributed by atoms with E-state index in [9.17, 15) is 75.7 Å². The average molecular weight is 1350 g/mol. The smallest absolute Gasteiger partial charge is 0.364 e. The number of aliphatic carboxylic acids is 1. The van der Waals surface area contributed by atoms with Gasteiger partial charge >= 0.3 is 5.97 Å². The number of hydrogen-bond acceptors (Lipinski definition) is 20. The van der Waals surface area contributed by atoms with Gasteiger partial charge in [-0.1, -0.05) is 238 Å². The zero-order chi connectivity index (χ0) is 68.9. The van der Waals surface area contributed by atoms with Crippen LogP contribution in [0.15, 0.2) is 12.2 Å². The molecule has 3 rings (SSSR count). The highest BCUT2D eigenvalue weighted by Gasteiger charge is 2.60. The normalized spacial score (nSPS) is 27.9. The first-order chi connectivity index (χ1) is 45.4.